The number of terminal acetylenes is 1. The van der Waals surface area contributed by atoms with Gasteiger partial charge in [-0.3, -0.25) is 0 Å². The average molecular weight is 248 g/mol. The number of rotatable bonds is 4. The van der Waals surface area contributed by atoms with Crippen molar-refractivity contribution in [3.05, 3.63) is 24.3 Å². The minimum Gasteiger partial charge on any atom is -0.124 e. The molecule has 0 aromatic carbocycles. The van der Waals surface area contributed by atoms with Gasteiger partial charge >= 0.3 is 0 Å². The summed E-state index contributed by atoms with van der Waals surface area (Å²) >= 11 is 0. The standard InChI is InChI=1S/C14H24.C2H6.C2H2/c1-4-7-13(6-3)14-10-8-12(5-2)9-11-14;2*1-2/h4,7,12,14H,1,5-6,8-11H2,2-3H3;1-2H3;1-2H/b13-7+;;. The first-order chi connectivity index (χ1) is 8.81. The van der Waals surface area contributed by atoms with E-state index in [-0.39, 0.29) is 0 Å². The van der Waals surface area contributed by atoms with Gasteiger partial charge in [-0.25, -0.2) is 0 Å². The number of hydrogen-bond acceptors (Lipinski definition) is 0. The van der Waals surface area contributed by atoms with E-state index in [0.717, 1.165) is 11.8 Å². The largest absolute Gasteiger partial charge is 0.124 e. The highest BCUT2D eigenvalue weighted by Gasteiger charge is 2.21. The molecular formula is C18H32. The summed E-state index contributed by atoms with van der Waals surface area (Å²) in [6.45, 7) is 12.4. The molecule has 18 heavy (non-hydrogen) atoms. The zero-order chi connectivity index (χ0) is 14.4. The van der Waals surface area contributed by atoms with Crippen LogP contribution in [0.25, 0.3) is 0 Å². The Hall–Kier alpha value is -0.960. The lowest BCUT2D eigenvalue weighted by Gasteiger charge is -2.29. The van der Waals surface area contributed by atoms with E-state index in [2.05, 4.69) is 39.3 Å². The maximum Gasteiger partial charge on any atom is -0.0200 e. The fraction of sp³-hybridized carbons (Fsp3) is 0.667. The second kappa shape index (κ2) is 14.1. The Morgan fingerprint density at radius 1 is 1.11 bits per heavy atom. The van der Waals surface area contributed by atoms with Crippen LogP contribution in [-0.4, -0.2) is 0 Å². The van der Waals surface area contributed by atoms with Crippen LogP contribution in [0, 0.1) is 24.7 Å². The van der Waals surface area contributed by atoms with Crippen LogP contribution in [0.4, 0.5) is 0 Å². The Bertz CT molecular complexity index is 224. The van der Waals surface area contributed by atoms with Crippen molar-refractivity contribution in [3.63, 3.8) is 0 Å². The highest BCUT2D eigenvalue weighted by molar-refractivity contribution is 5.13. The van der Waals surface area contributed by atoms with Gasteiger partial charge in [0.25, 0.3) is 0 Å². The molecular weight excluding hydrogens is 216 g/mol. The van der Waals surface area contributed by atoms with Crippen molar-refractivity contribution in [1.82, 2.24) is 0 Å². The van der Waals surface area contributed by atoms with Crippen molar-refractivity contribution in [2.45, 2.75) is 66.2 Å². The average Bonchev–Trinajstić information content (AvgIpc) is 2.49. The fourth-order valence-corrected chi connectivity index (χ4v) is 2.64. The van der Waals surface area contributed by atoms with E-state index >= 15 is 0 Å². The third-order valence-electron chi connectivity index (χ3n) is 3.69. The van der Waals surface area contributed by atoms with Crippen LogP contribution >= 0.6 is 0 Å². The Balaban J connectivity index is 0. The summed E-state index contributed by atoms with van der Waals surface area (Å²) in [4.78, 5) is 0. The first-order valence-electron chi connectivity index (χ1n) is 7.46. The molecule has 0 unspecified atom stereocenters. The molecule has 0 spiro atoms. The maximum absolute atomic E-state index is 4.00. The van der Waals surface area contributed by atoms with Gasteiger partial charge in [-0.2, -0.15) is 0 Å². The highest BCUT2D eigenvalue weighted by Crippen LogP contribution is 2.35. The van der Waals surface area contributed by atoms with E-state index in [1.165, 1.54) is 38.5 Å². The molecule has 0 aromatic rings. The first-order valence-corrected chi connectivity index (χ1v) is 7.46. The van der Waals surface area contributed by atoms with Crippen LogP contribution in [0.3, 0.4) is 0 Å². The van der Waals surface area contributed by atoms with Crippen molar-refractivity contribution in [2.24, 2.45) is 11.8 Å². The van der Waals surface area contributed by atoms with Crippen LogP contribution < -0.4 is 0 Å². The number of hydrogen-bond donors (Lipinski definition) is 0. The Morgan fingerprint density at radius 3 is 1.94 bits per heavy atom. The molecule has 1 aliphatic carbocycles. The van der Waals surface area contributed by atoms with Gasteiger partial charge in [0.2, 0.25) is 0 Å². The molecule has 0 radical (unpaired) electrons. The third kappa shape index (κ3) is 7.38. The van der Waals surface area contributed by atoms with Crippen molar-refractivity contribution in [2.75, 3.05) is 0 Å². The van der Waals surface area contributed by atoms with Gasteiger partial charge < -0.3 is 0 Å². The van der Waals surface area contributed by atoms with E-state index in [1.807, 2.05) is 19.9 Å². The van der Waals surface area contributed by atoms with E-state index in [4.69, 9.17) is 0 Å². The van der Waals surface area contributed by atoms with Crippen LogP contribution in [0.1, 0.15) is 66.2 Å². The highest BCUT2D eigenvalue weighted by atomic mass is 14.3. The van der Waals surface area contributed by atoms with Crippen LogP contribution in [-0.2, 0) is 0 Å². The zero-order valence-electron chi connectivity index (χ0n) is 12.9. The van der Waals surface area contributed by atoms with E-state index in [0.29, 0.717) is 0 Å². The van der Waals surface area contributed by atoms with Gasteiger partial charge in [0.1, 0.15) is 0 Å². The summed E-state index contributed by atoms with van der Waals surface area (Å²) < 4.78 is 0. The summed E-state index contributed by atoms with van der Waals surface area (Å²) in [7, 11) is 0. The lowest BCUT2D eigenvalue weighted by atomic mass is 9.77. The van der Waals surface area contributed by atoms with Gasteiger partial charge in [0, 0.05) is 0 Å². The molecule has 0 aromatic heterocycles. The van der Waals surface area contributed by atoms with E-state index < -0.39 is 0 Å². The van der Waals surface area contributed by atoms with Crippen molar-refractivity contribution in [3.8, 4) is 12.8 Å². The third-order valence-corrected chi connectivity index (χ3v) is 3.69. The summed E-state index contributed by atoms with van der Waals surface area (Å²) in [5, 5.41) is 0. The molecule has 1 saturated carbocycles. The summed E-state index contributed by atoms with van der Waals surface area (Å²) in [6.07, 6.45) is 20.5. The van der Waals surface area contributed by atoms with Crippen LogP contribution in [0.5, 0.6) is 0 Å². The second-order valence-corrected chi connectivity index (χ2v) is 4.46. The lowest BCUT2D eigenvalue weighted by Crippen LogP contribution is -2.15. The summed E-state index contributed by atoms with van der Waals surface area (Å²) in [5.41, 5.74) is 1.62. The van der Waals surface area contributed by atoms with Crippen molar-refractivity contribution < 1.29 is 0 Å². The van der Waals surface area contributed by atoms with Gasteiger partial charge in [0.05, 0.1) is 0 Å². The fourth-order valence-electron chi connectivity index (χ4n) is 2.64. The smallest absolute Gasteiger partial charge is 0.0200 e. The van der Waals surface area contributed by atoms with E-state index in [9.17, 15) is 0 Å². The molecule has 0 saturated heterocycles. The second-order valence-electron chi connectivity index (χ2n) is 4.46. The predicted molar refractivity (Wildman–Crippen MR) is 85.5 cm³/mol. The van der Waals surface area contributed by atoms with Crippen molar-refractivity contribution in [1.29, 1.82) is 0 Å². The lowest BCUT2D eigenvalue weighted by molar-refractivity contribution is 0.292. The molecule has 0 N–H and O–H groups in total. The molecule has 0 aliphatic heterocycles. The monoisotopic (exact) mass is 248 g/mol. The quantitative estimate of drug-likeness (QED) is 0.423. The maximum atomic E-state index is 4.00. The van der Waals surface area contributed by atoms with Gasteiger partial charge in [-0.1, -0.05) is 58.4 Å². The SMILES string of the molecule is C#C.C=C/C=C(\CC)C1CCC(CC)CC1.CC. The molecule has 0 nitrogen and oxygen atoms in total. The number of allylic oxidation sites excluding steroid dienone is 3. The van der Waals surface area contributed by atoms with Crippen molar-refractivity contribution >= 4 is 0 Å². The van der Waals surface area contributed by atoms with E-state index in [1.54, 1.807) is 5.57 Å². The molecule has 0 bridgehead atoms. The predicted octanol–water partition coefficient (Wildman–Crippen LogP) is 6.00. The minimum absolute atomic E-state index is 0.862. The zero-order valence-corrected chi connectivity index (χ0v) is 12.9. The Labute approximate surface area is 116 Å². The first kappa shape index (κ1) is 19.4. The molecule has 1 rings (SSSR count). The van der Waals surface area contributed by atoms with Gasteiger partial charge in [-0.15, -0.1) is 12.8 Å². The molecule has 0 heteroatoms. The van der Waals surface area contributed by atoms with Gasteiger partial charge in [-0.05, 0) is 43.9 Å². The Kier molecular flexibility index (Phi) is 15.2. The van der Waals surface area contributed by atoms with Crippen LogP contribution in [0.15, 0.2) is 24.3 Å². The molecule has 1 aliphatic rings. The molecule has 0 atom stereocenters. The molecule has 0 heterocycles. The topological polar surface area (TPSA) is 0 Å². The molecule has 104 valence electrons. The van der Waals surface area contributed by atoms with Gasteiger partial charge in [0.15, 0.2) is 0 Å². The molecule has 0 amide bonds. The molecule has 1 fully saturated rings. The minimum atomic E-state index is 0.862. The van der Waals surface area contributed by atoms with Crippen LogP contribution in [0.2, 0.25) is 0 Å². The summed E-state index contributed by atoms with van der Waals surface area (Å²) in [6, 6.07) is 0. The summed E-state index contributed by atoms with van der Waals surface area (Å²) in [5.74, 6) is 1.87. The normalized spacial score (nSPS) is 22.9. The Morgan fingerprint density at radius 2 is 1.61 bits per heavy atom.